The van der Waals surface area contributed by atoms with E-state index in [-0.39, 0.29) is 40.4 Å². The van der Waals surface area contributed by atoms with E-state index in [1.807, 2.05) is 13.8 Å². The van der Waals surface area contributed by atoms with E-state index in [2.05, 4.69) is 40.7 Å². The van der Waals surface area contributed by atoms with Crippen LogP contribution < -0.4 is 0 Å². The Hall–Kier alpha value is -0.950. The van der Waals surface area contributed by atoms with Crippen molar-refractivity contribution in [3.05, 3.63) is 11.6 Å². The summed E-state index contributed by atoms with van der Waals surface area (Å²) in [5.41, 5.74) is -1.74. The zero-order chi connectivity index (χ0) is 26.9. The number of carbonyl (C=O) groups is 1. The van der Waals surface area contributed by atoms with Gasteiger partial charge < -0.3 is 25.5 Å². The molecule has 0 saturated heterocycles. The summed E-state index contributed by atoms with van der Waals surface area (Å²) in [4.78, 5) is 12.8. The van der Waals surface area contributed by atoms with Crippen LogP contribution in [0.4, 0.5) is 0 Å². The molecule has 5 aliphatic rings. The average Bonchev–Trinajstić information content (AvgIpc) is 2.74. The molecule has 3 unspecified atom stereocenters. The van der Waals surface area contributed by atoms with Gasteiger partial charge in [0.1, 0.15) is 5.41 Å². The molecule has 0 heterocycles. The number of carboxylic acid groups (broad SMARTS) is 1. The van der Waals surface area contributed by atoms with Crippen LogP contribution in [0.25, 0.3) is 0 Å². The van der Waals surface area contributed by atoms with E-state index < -0.39 is 46.6 Å². The molecule has 11 atom stereocenters. The van der Waals surface area contributed by atoms with Crippen LogP contribution >= 0.6 is 0 Å². The van der Waals surface area contributed by atoms with Crippen molar-refractivity contribution in [2.75, 3.05) is 0 Å². The lowest BCUT2D eigenvalue weighted by Gasteiger charge is -2.72. The number of allylic oxidation sites excluding steroid dienone is 2. The van der Waals surface area contributed by atoms with E-state index in [9.17, 15) is 30.3 Å². The number of aliphatic hydroxyl groups excluding tert-OH is 4. The molecule has 0 bridgehead atoms. The normalized spacial score (nSPS) is 55.3. The van der Waals surface area contributed by atoms with Crippen LogP contribution in [0, 0.1) is 50.2 Å². The zero-order valence-corrected chi connectivity index (χ0v) is 23.2. The van der Waals surface area contributed by atoms with Crippen LogP contribution in [0.15, 0.2) is 11.6 Å². The lowest BCUT2D eigenvalue weighted by atomic mass is 9.33. The van der Waals surface area contributed by atoms with E-state index in [1.165, 1.54) is 5.57 Å². The third-order valence-electron chi connectivity index (χ3n) is 13.2. The molecule has 4 fully saturated rings. The molecule has 6 heteroatoms. The van der Waals surface area contributed by atoms with Gasteiger partial charge in [0.15, 0.2) is 0 Å². The van der Waals surface area contributed by atoms with Gasteiger partial charge in [-0.05, 0) is 89.8 Å². The second-order valence-electron chi connectivity index (χ2n) is 15.4. The van der Waals surface area contributed by atoms with Crippen LogP contribution in [-0.4, -0.2) is 55.9 Å². The fourth-order valence-corrected chi connectivity index (χ4v) is 10.8. The Balaban J connectivity index is 1.64. The number of fused-ring (bicyclic) bond motifs is 7. The molecule has 5 rings (SSSR count). The number of hydrogen-bond donors (Lipinski definition) is 5. The molecule has 5 N–H and O–H groups in total. The highest BCUT2D eigenvalue weighted by Crippen LogP contribution is 2.75. The summed E-state index contributed by atoms with van der Waals surface area (Å²) in [5.74, 6) is -0.784. The summed E-state index contributed by atoms with van der Waals surface area (Å²) in [6.07, 6.45) is 3.24. The molecule has 0 radical (unpaired) electrons. The fraction of sp³-hybridized carbons (Fsp3) is 0.900. The number of rotatable bonds is 1. The second kappa shape index (κ2) is 7.58. The van der Waals surface area contributed by atoms with Gasteiger partial charge in [-0.25, -0.2) is 0 Å². The van der Waals surface area contributed by atoms with Gasteiger partial charge in [0.2, 0.25) is 0 Å². The first-order valence-corrected chi connectivity index (χ1v) is 14.1. The molecule has 4 saturated carbocycles. The van der Waals surface area contributed by atoms with Gasteiger partial charge in [0, 0.05) is 0 Å². The topological polar surface area (TPSA) is 118 Å². The number of aliphatic carboxylic acids is 1. The molecule has 0 aromatic heterocycles. The molecular weight excluding hydrogens is 456 g/mol. The van der Waals surface area contributed by atoms with Crippen LogP contribution in [0.1, 0.15) is 93.4 Å². The Morgan fingerprint density at radius 3 is 2.11 bits per heavy atom. The van der Waals surface area contributed by atoms with Gasteiger partial charge in [-0.15, -0.1) is 0 Å². The predicted molar refractivity (Wildman–Crippen MR) is 137 cm³/mol. The Morgan fingerprint density at radius 2 is 1.50 bits per heavy atom. The standard InChI is InChI=1S/C30H48O6/c1-25(2)12-17-16-8-9-20-27(5)13-18(31)23(34)26(3,4)19(27)10-11-28(20,6)29(16,7)14-22(33)30(17,24(35)36)15-21(25)32/h8,17-23,31-34H,9-15H2,1-7H3,(H,35,36)/t17-,18-,19?,20?,21-,22-,23-,27-,28+,29?,30+/m0/s1. The van der Waals surface area contributed by atoms with Gasteiger partial charge in [0.25, 0.3) is 0 Å². The average molecular weight is 505 g/mol. The van der Waals surface area contributed by atoms with Crippen LogP contribution in [-0.2, 0) is 4.79 Å². The lowest BCUT2D eigenvalue weighted by molar-refractivity contribution is -0.241. The first-order valence-electron chi connectivity index (χ1n) is 14.1. The molecular formula is C30H48O6. The van der Waals surface area contributed by atoms with E-state index in [0.29, 0.717) is 19.3 Å². The largest absolute Gasteiger partial charge is 0.481 e. The summed E-state index contributed by atoms with van der Waals surface area (Å²) in [5, 5.41) is 55.0. The first kappa shape index (κ1) is 26.6. The fourth-order valence-electron chi connectivity index (χ4n) is 10.8. The van der Waals surface area contributed by atoms with Crippen molar-refractivity contribution in [1.82, 2.24) is 0 Å². The van der Waals surface area contributed by atoms with Gasteiger partial charge in [-0.2, -0.15) is 0 Å². The smallest absolute Gasteiger partial charge is 0.312 e. The number of carboxylic acids is 1. The SMILES string of the molecule is CC1(C)C[C@H]2C3=CCC4[C@@]5(C)C[C@H](O)[C@H](O)C(C)(C)C5CC[C@@]4(C)C3(C)C[C@H](O)[C@@]2(C(=O)O)C[C@@H]1O. The van der Waals surface area contributed by atoms with Gasteiger partial charge in [-0.1, -0.05) is 60.1 Å². The maximum absolute atomic E-state index is 12.8. The van der Waals surface area contributed by atoms with E-state index >= 15 is 0 Å². The minimum Gasteiger partial charge on any atom is -0.481 e. The highest BCUT2D eigenvalue weighted by Gasteiger charge is 2.72. The van der Waals surface area contributed by atoms with Crippen LogP contribution in [0.5, 0.6) is 0 Å². The van der Waals surface area contributed by atoms with Gasteiger partial charge in [0.05, 0.1) is 24.4 Å². The summed E-state index contributed by atoms with van der Waals surface area (Å²) in [7, 11) is 0. The number of hydrogen-bond acceptors (Lipinski definition) is 5. The molecule has 204 valence electrons. The molecule has 0 aromatic rings. The maximum atomic E-state index is 12.8. The van der Waals surface area contributed by atoms with Crippen molar-refractivity contribution in [3.63, 3.8) is 0 Å². The second-order valence-corrected chi connectivity index (χ2v) is 15.4. The minimum atomic E-state index is -1.36. The summed E-state index contributed by atoms with van der Waals surface area (Å²) >= 11 is 0. The van der Waals surface area contributed by atoms with E-state index in [0.717, 1.165) is 19.3 Å². The quantitative estimate of drug-likeness (QED) is 0.343. The van der Waals surface area contributed by atoms with E-state index in [4.69, 9.17) is 0 Å². The molecule has 0 aliphatic heterocycles. The first-order chi connectivity index (χ1) is 16.4. The van der Waals surface area contributed by atoms with Gasteiger partial charge >= 0.3 is 5.97 Å². The van der Waals surface area contributed by atoms with Crippen molar-refractivity contribution in [2.24, 2.45) is 50.2 Å². The molecule has 36 heavy (non-hydrogen) atoms. The molecule has 5 aliphatic carbocycles. The highest BCUT2D eigenvalue weighted by atomic mass is 16.4. The van der Waals surface area contributed by atoms with Crippen molar-refractivity contribution < 1.29 is 30.3 Å². The third-order valence-corrected chi connectivity index (χ3v) is 13.2. The summed E-state index contributed by atoms with van der Waals surface area (Å²) < 4.78 is 0. The zero-order valence-electron chi connectivity index (χ0n) is 23.2. The predicted octanol–water partition coefficient (Wildman–Crippen LogP) is 4.15. The Bertz CT molecular complexity index is 986. The van der Waals surface area contributed by atoms with Crippen molar-refractivity contribution in [2.45, 2.75) is 118 Å². The minimum absolute atomic E-state index is 0.0762. The Morgan fingerprint density at radius 1 is 0.861 bits per heavy atom. The monoisotopic (exact) mass is 504 g/mol. The van der Waals surface area contributed by atoms with Crippen LogP contribution in [0.3, 0.4) is 0 Å². The maximum Gasteiger partial charge on any atom is 0.312 e. The Labute approximate surface area is 216 Å². The summed E-state index contributed by atoms with van der Waals surface area (Å²) in [6.45, 7) is 15.1. The van der Waals surface area contributed by atoms with Crippen molar-refractivity contribution in [1.29, 1.82) is 0 Å². The molecule has 6 nitrogen and oxygen atoms in total. The molecule has 0 spiro atoms. The van der Waals surface area contributed by atoms with E-state index in [1.54, 1.807) is 0 Å². The highest BCUT2D eigenvalue weighted by molar-refractivity contribution is 5.78. The third kappa shape index (κ3) is 2.96. The van der Waals surface area contributed by atoms with Gasteiger partial charge in [-0.3, -0.25) is 4.79 Å². The number of aliphatic hydroxyl groups is 4. The Kier molecular flexibility index (Phi) is 5.61. The van der Waals surface area contributed by atoms with Crippen LogP contribution in [0.2, 0.25) is 0 Å². The lowest BCUT2D eigenvalue weighted by Crippen LogP contribution is -2.69. The van der Waals surface area contributed by atoms with Crippen molar-refractivity contribution >= 4 is 5.97 Å². The van der Waals surface area contributed by atoms with Crippen molar-refractivity contribution in [3.8, 4) is 0 Å². The molecule has 0 aromatic carbocycles. The molecule has 0 amide bonds. The summed E-state index contributed by atoms with van der Waals surface area (Å²) in [6, 6.07) is 0.